The Morgan fingerprint density at radius 3 is 2.92 bits per heavy atom. The molecule has 0 saturated carbocycles. The molecule has 1 aliphatic rings. The van der Waals surface area contributed by atoms with Crippen molar-refractivity contribution in [3.63, 3.8) is 0 Å². The lowest BCUT2D eigenvalue weighted by atomic mass is 10.1. The summed E-state index contributed by atoms with van der Waals surface area (Å²) in [5, 5.41) is 4.10. The van der Waals surface area contributed by atoms with E-state index in [-0.39, 0.29) is 6.03 Å². The minimum Gasteiger partial charge on any atom is -0.497 e. The van der Waals surface area contributed by atoms with Crippen molar-refractivity contribution < 1.29 is 9.53 Å². The lowest BCUT2D eigenvalue weighted by molar-refractivity contribution is 0.257. The van der Waals surface area contributed by atoms with Crippen LogP contribution in [0.2, 0.25) is 0 Å². The Hall–Kier alpha value is -2.95. The van der Waals surface area contributed by atoms with Crippen molar-refractivity contribution in [1.82, 2.24) is 4.57 Å². The third-order valence-corrected chi connectivity index (χ3v) is 4.55. The SMILES string of the molecule is COc1cccc(NC(=O)N2CCc3cc4c(ccn4C)cc32)c1. The number of rotatable bonds is 2. The van der Waals surface area contributed by atoms with Gasteiger partial charge in [-0.2, -0.15) is 0 Å². The smallest absolute Gasteiger partial charge is 0.326 e. The average molecular weight is 321 g/mol. The summed E-state index contributed by atoms with van der Waals surface area (Å²) in [5.41, 5.74) is 4.14. The highest BCUT2D eigenvalue weighted by Gasteiger charge is 2.25. The molecule has 2 amide bonds. The number of benzene rings is 2. The van der Waals surface area contributed by atoms with Crippen molar-refractivity contribution in [2.45, 2.75) is 6.42 Å². The van der Waals surface area contributed by atoms with Crippen LogP contribution in [0.1, 0.15) is 5.56 Å². The number of carbonyl (C=O) groups is 1. The number of hydrogen-bond acceptors (Lipinski definition) is 2. The number of fused-ring (bicyclic) bond motifs is 2. The summed E-state index contributed by atoms with van der Waals surface area (Å²) in [4.78, 5) is 14.5. The van der Waals surface area contributed by atoms with Crippen LogP contribution in [0.25, 0.3) is 10.9 Å². The van der Waals surface area contributed by atoms with E-state index in [1.165, 1.54) is 11.1 Å². The van der Waals surface area contributed by atoms with E-state index in [9.17, 15) is 4.79 Å². The molecule has 5 nitrogen and oxygen atoms in total. The first-order valence-corrected chi connectivity index (χ1v) is 7.96. The molecule has 1 aromatic heterocycles. The number of aryl methyl sites for hydroxylation is 1. The van der Waals surface area contributed by atoms with Gasteiger partial charge in [-0.3, -0.25) is 4.90 Å². The highest BCUT2D eigenvalue weighted by molar-refractivity contribution is 6.04. The summed E-state index contributed by atoms with van der Waals surface area (Å²) in [7, 11) is 3.65. The third kappa shape index (κ3) is 2.38. The number of carbonyl (C=O) groups excluding carboxylic acids is 1. The van der Waals surface area contributed by atoms with E-state index in [2.05, 4.69) is 28.1 Å². The monoisotopic (exact) mass is 321 g/mol. The minimum absolute atomic E-state index is 0.114. The fraction of sp³-hybridized carbons (Fsp3) is 0.211. The van der Waals surface area contributed by atoms with E-state index in [0.29, 0.717) is 6.54 Å². The van der Waals surface area contributed by atoms with E-state index in [4.69, 9.17) is 4.74 Å². The number of anilines is 2. The van der Waals surface area contributed by atoms with Gasteiger partial charge < -0.3 is 14.6 Å². The van der Waals surface area contributed by atoms with Gasteiger partial charge in [0.1, 0.15) is 5.75 Å². The zero-order valence-corrected chi connectivity index (χ0v) is 13.7. The number of amides is 2. The van der Waals surface area contributed by atoms with E-state index < -0.39 is 0 Å². The molecule has 0 aliphatic carbocycles. The molecular weight excluding hydrogens is 302 g/mol. The molecule has 0 radical (unpaired) electrons. The summed E-state index contributed by atoms with van der Waals surface area (Å²) in [6.45, 7) is 0.696. The van der Waals surface area contributed by atoms with Crippen LogP contribution in [0.5, 0.6) is 5.75 Å². The van der Waals surface area contributed by atoms with Crippen LogP contribution in [-0.4, -0.2) is 24.3 Å². The fourth-order valence-corrected chi connectivity index (χ4v) is 3.25. The van der Waals surface area contributed by atoms with Crippen molar-refractivity contribution in [3.05, 3.63) is 54.2 Å². The highest BCUT2D eigenvalue weighted by atomic mass is 16.5. The Morgan fingerprint density at radius 2 is 2.08 bits per heavy atom. The van der Waals surface area contributed by atoms with Crippen molar-refractivity contribution >= 4 is 28.3 Å². The Labute approximate surface area is 140 Å². The summed E-state index contributed by atoms with van der Waals surface area (Å²) < 4.78 is 7.31. The summed E-state index contributed by atoms with van der Waals surface area (Å²) >= 11 is 0. The first-order chi connectivity index (χ1) is 11.7. The van der Waals surface area contributed by atoms with Gasteiger partial charge in [0.15, 0.2) is 0 Å². The number of methoxy groups -OCH3 is 1. The Bertz CT molecular complexity index is 930. The molecule has 0 atom stereocenters. The molecule has 122 valence electrons. The maximum atomic E-state index is 12.7. The average Bonchev–Trinajstić information content (AvgIpc) is 3.17. The first-order valence-electron chi connectivity index (χ1n) is 7.96. The van der Waals surface area contributed by atoms with Gasteiger partial charge in [0.05, 0.1) is 7.11 Å². The number of hydrogen-bond donors (Lipinski definition) is 1. The summed E-state index contributed by atoms with van der Waals surface area (Å²) in [6, 6.07) is 13.6. The van der Waals surface area contributed by atoms with Crippen LogP contribution in [0, 0.1) is 0 Å². The Kier molecular flexibility index (Phi) is 3.41. The van der Waals surface area contributed by atoms with Crippen molar-refractivity contribution in [2.24, 2.45) is 7.05 Å². The highest BCUT2D eigenvalue weighted by Crippen LogP contribution is 2.33. The second kappa shape index (κ2) is 5.60. The second-order valence-corrected chi connectivity index (χ2v) is 6.03. The summed E-state index contributed by atoms with van der Waals surface area (Å²) in [5.74, 6) is 0.723. The van der Waals surface area contributed by atoms with Crippen molar-refractivity contribution in [1.29, 1.82) is 0 Å². The molecule has 0 bridgehead atoms. The standard InChI is InChI=1S/C19H19N3O2/c1-21-8-6-13-11-18-14(10-17(13)21)7-9-22(18)19(23)20-15-4-3-5-16(12-15)24-2/h3-6,8,10-12H,7,9H2,1-2H3,(H,20,23). The lowest BCUT2D eigenvalue weighted by Crippen LogP contribution is -2.33. The molecule has 0 fully saturated rings. The summed E-state index contributed by atoms with van der Waals surface area (Å²) in [6.07, 6.45) is 2.92. The van der Waals surface area contributed by atoms with E-state index in [1.807, 2.05) is 37.5 Å². The quantitative estimate of drug-likeness (QED) is 0.781. The molecule has 4 rings (SSSR count). The van der Waals surface area contributed by atoms with Crippen LogP contribution in [-0.2, 0) is 13.5 Å². The van der Waals surface area contributed by atoms with Gasteiger partial charge in [0.2, 0.25) is 0 Å². The van der Waals surface area contributed by atoms with Gasteiger partial charge in [-0.15, -0.1) is 0 Å². The molecule has 2 heterocycles. The van der Waals surface area contributed by atoms with Gasteiger partial charge in [-0.1, -0.05) is 6.07 Å². The van der Waals surface area contributed by atoms with Gasteiger partial charge in [0.25, 0.3) is 0 Å². The Balaban J connectivity index is 1.62. The number of nitrogens with zero attached hydrogens (tertiary/aromatic N) is 2. The van der Waals surface area contributed by atoms with E-state index in [1.54, 1.807) is 12.0 Å². The van der Waals surface area contributed by atoms with Crippen LogP contribution >= 0.6 is 0 Å². The Morgan fingerprint density at radius 1 is 1.21 bits per heavy atom. The van der Waals surface area contributed by atoms with E-state index in [0.717, 1.165) is 28.9 Å². The maximum Gasteiger partial charge on any atom is 0.326 e. The molecule has 0 saturated heterocycles. The normalized spacial score (nSPS) is 13.2. The number of urea groups is 1. The van der Waals surface area contributed by atoms with Crippen LogP contribution in [0.4, 0.5) is 16.2 Å². The molecule has 0 unspecified atom stereocenters. The fourth-order valence-electron chi connectivity index (χ4n) is 3.25. The topological polar surface area (TPSA) is 46.5 Å². The first kappa shape index (κ1) is 14.6. The molecule has 1 aliphatic heterocycles. The third-order valence-electron chi connectivity index (χ3n) is 4.55. The molecular formula is C19H19N3O2. The van der Waals surface area contributed by atoms with Gasteiger partial charge >= 0.3 is 6.03 Å². The molecule has 2 aromatic carbocycles. The molecule has 5 heteroatoms. The molecule has 3 aromatic rings. The van der Waals surface area contributed by atoms with Crippen LogP contribution < -0.4 is 15.0 Å². The second-order valence-electron chi connectivity index (χ2n) is 6.03. The van der Waals surface area contributed by atoms with E-state index >= 15 is 0 Å². The zero-order valence-electron chi connectivity index (χ0n) is 13.7. The number of nitrogens with one attached hydrogen (secondary N) is 1. The maximum absolute atomic E-state index is 12.7. The van der Waals surface area contributed by atoms with Crippen LogP contribution in [0.3, 0.4) is 0 Å². The predicted molar refractivity (Wildman–Crippen MR) is 96.0 cm³/mol. The van der Waals surface area contributed by atoms with Crippen molar-refractivity contribution in [3.8, 4) is 5.75 Å². The van der Waals surface area contributed by atoms with Gasteiger partial charge in [-0.25, -0.2) is 4.79 Å². The number of aromatic nitrogens is 1. The van der Waals surface area contributed by atoms with Crippen molar-refractivity contribution in [2.75, 3.05) is 23.9 Å². The van der Waals surface area contributed by atoms with Gasteiger partial charge in [-0.05, 0) is 42.3 Å². The predicted octanol–water partition coefficient (Wildman–Crippen LogP) is 3.78. The largest absolute Gasteiger partial charge is 0.497 e. The van der Waals surface area contributed by atoms with Gasteiger partial charge in [0, 0.05) is 48.1 Å². The lowest BCUT2D eigenvalue weighted by Gasteiger charge is -2.18. The minimum atomic E-state index is -0.114. The molecule has 24 heavy (non-hydrogen) atoms. The van der Waals surface area contributed by atoms with Crippen LogP contribution in [0.15, 0.2) is 48.7 Å². The molecule has 1 N–H and O–H groups in total. The number of ether oxygens (including phenoxy) is 1. The molecule has 0 spiro atoms. The zero-order chi connectivity index (χ0) is 16.7.